The maximum atomic E-state index is 13.3. The van der Waals surface area contributed by atoms with E-state index < -0.39 is 11.8 Å². The SMILES string of the molecule is O=C(OCc1nnc2ccccc2n1)c1cc(-c2cccc(F)c2)no1. The van der Waals surface area contributed by atoms with E-state index in [2.05, 4.69) is 20.3 Å². The molecule has 128 valence electrons. The second-order valence-corrected chi connectivity index (χ2v) is 5.38. The van der Waals surface area contributed by atoms with Crippen LogP contribution >= 0.6 is 0 Å². The van der Waals surface area contributed by atoms with E-state index in [1.54, 1.807) is 24.3 Å². The minimum absolute atomic E-state index is 0.0991. The molecule has 0 spiro atoms. The molecular formula is C18H11FN4O3. The van der Waals surface area contributed by atoms with Crippen molar-refractivity contribution in [3.8, 4) is 11.3 Å². The minimum Gasteiger partial charge on any atom is -0.451 e. The first-order valence-electron chi connectivity index (χ1n) is 7.67. The fraction of sp³-hybridized carbons (Fsp3) is 0.0556. The van der Waals surface area contributed by atoms with Crippen LogP contribution in [0.2, 0.25) is 0 Å². The van der Waals surface area contributed by atoms with Gasteiger partial charge in [-0.25, -0.2) is 14.2 Å². The lowest BCUT2D eigenvalue weighted by Gasteiger charge is -2.01. The van der Waals surface area contributed by atoms with E-state index in [1.807, 2.05) is 12.1 Å². The average Bonchev–Trinajstić information content (AvgIpc) is 3.16. The number of fused-ring (bicyclic) bond motifs is 1. The zero-order valence-corrected chi connectivity index (χ0v) is 13.3. The Labute approximate surface area is 146 Å². The van der Waals surface area contributed by atoms with E-state index in [1.165, 1.54) is 18.2 Å². The van der Waals surface area contributed by atoms with Gasteiger partial charge in [0.1, 0.15) is 17.0 Å². The molecule has 0 atom stereocenters. The topological polar surface area (TPSA) is 91.0 Å². The molecule has 2 aromatic heterocycles. The number of halogens is 1. The molecule has 7 nitrogen and oxygen atoms in total. The molecule has 0 aliphatic carbocycles. The van der Waals surface area contributed by atoms with Crippen LogP contribution in [0.3, 0.4) is 0 Å². The molecule has 0 radical (unpaired) electrons. The van der Waals surface area contributed by atoms with E-state index in [0.29, 0.717) is 22.3 Å². The fourth-order valence-electron chi connectivity index (χ4n) is 2.33. The minimum atomic E-state index is -0.725. The maximum absolute atomic E-state index is 13.3. The number of hydrogen-bond donors (Lipinski definition) is 0. The second-order valence-electron chi connectivity index (χ2n) is 5.38. The summed E-state index contributed by atoms with van der Waals surface area (Å²) < 4.78 is 23.4. The van der Waals surface area contributed by atoms with Crippen molar-refractivity contribution in [2.24, 2.45) is 0 Å². The van der Waals surface area contributed by atoms with E-state index in [4.69, 9.17) is 9.26 Å². The Morgan fingerprint density at radius 3 is 2.73 bits per heavy atom. The molecule has 26 heavy (non-hydrogen) atoms. The molecule has 0 amide bonds. The van der Waals surface area contributed by atoms with Gasteiger partial charge in [-0.3, -0.25) is 0 Å². The molecule has 2 aromatic carbocycles. The van der Waals surface area contributed by atoms with Gasteiger partial charge in [0.25, 0.3) is 0 Å². The number of ether oxygens (including phenoxy) is 1. The second kappa shape index (κ2) is 6.67. The molecule has 0 bridgehead atoms. The van der Waals surface area contributed by atoms with Crippen LogP contribution in [0.4, 0.5) is 4.39 Å². The van der Waals surface area contributed by atoms with Crippen LogP contribution < -0.4 is 0 Å². The molecule has 0 unspecified atom stereocenters. The number of hydrogen-bond acceptors (Lipinski definition) is 7. The van der Waals surface area contributed by atoms with E-state index >= 15 is 0 Å². The molecule has 0 aliphatic rings. The first kappa shape index (κ1) is 15.8. The summed E-state index contributed by atoms with van der Waals surface area (Å²) in [5, 5.41) is 11.7. The van der Waals surface area contributed by atoms with Gasteiger partial charge in [-0.05, 0) is 24.3 Å². The van der Waals surface area contributed by atoms with Gasteiger partial charge in [0.2, 0.25) is 5.76 Å². The lowest BCUT2D eigenvalue weighted by Crippen LogP contribution is -2.07. The van der Waals surface area contributed by atoms with Crippen molar-refractivity contribution in [2.45, 2.75) is 6.61 Å². The lowest BCUT2D eigenvalue weighted by atomic mass is 10.1. The molecule has 0 aliphatic heterocycles. The predicted octanol–water partition coefficient (Wildman–Crippen LogP) is 3.18. The number of carbonyl (C=O) groups is 1. The number of aromatic nitrogens is 4. The van der Waals surface area contributed by atoms with Crippen LogP contribution in [0.5, 0.6) is 0 Å². The van der Waals surface area contributed by atoms with Crippen molar-refractivity contribution in [1.82, 2.24) is 20.3 Å². The largest absolute Gasteiger partial charge is 0.451 e. The standard InChI is InChI=1S/C18H11FN4O3/c19-12-5-3-4-11(8-12)15-9-16(26-23-15)18(24)25-10-17-20-13-6-1-2-7-14(13)21-22-17/h1-9H,10H2. The zero-order valence-electron chi connectivity index (χ0n) is 13.3. The van der Waals surface area contributed by atoms with Gasteiger partial charge in [-0.2, -0.15) is 0 Å². The van der Waals surface area contributed by atoms with Crippen molar-refractivity contribution in [2.75, 3.05) is 0 Å². The molecule has 0 N–H and O–H groups in total. The highest BCUT2D eigenvalue weighted by atomic mass is 19.1. The number of nitrogens with zero attached hydrogens (tertiary/aromatic N) is 4. The Bertz CT molecular complexity index is 1100. The molecule has 4 aromatic rings. The molecule has 4 rings (SSSR count). The fourth-order valence-corrected chi connectivity index (χ4v) is 2.33. The van der Waals surface area contributed by atoms with Gasteiger partial charge in [0.15, 0.2) is 12.4 Å². The highest BCUT2D eigenvalue weighted by Crippen LogP contribution is 2.20. The van der Waals surface area contributed by atoms with Gasteiger partial charge in [0, 0.05) is 11.6 Å². The highest BCUT2D eigenvalue weighted by molar-refractivity contribution is 5.87. The van der Waals surface area contributed by atoms with Crippen LogP contribution in [0.15, 0.2) is 59.1 Å². The number of rotatable bonds is 4. The summed E-state index contributed by atoms with van der Waals surface area (Å²) in [5.41, 5.74) is 2.13. The quantitative estimate of drug-likeness (QED) is 0.522. The Kier molecular flexibility index (Phi) is 4.06. The van der Waals surface area contributed by atoms with Crippen molar-refractivity contribution < 1.29 is 18.4 Å². The average molecular weight is 350 g/mol. The number of esters is 1. The normalized spacial score (nSPS) is 10.8. The van der Waals surface area contributed by atoms with Gasteiger partial charge in [-0.1, -0.05) is 29.4 Å². The molecular weight excluding hydrogens is 339 g/mol. The summed E-state index contributed by atoms with van der Waals surface area (Å²) in [4.78, 5) is 16.4. The van der Waals surface area contributed by atoms with Gasteiger partial charge < -0.3 is 9.26 Å². The predicted molar refractivity (Wildman–Crippen MR) is 88.3 cm³/mol. The molecule has 0 fully saturated rings. The summed E-state index contributed by atoms with van der Waals surface area (Å²) in [6, 6.07) is 14.4. The van der Waals surface area contributed by atoms with E-state index in [9.17, 15) is 9.18 Å². The van der Waals surface area contributed by atoms with Gasteiger partial charge in [0.05, 0.1) is 5.52 Å². The van der Waals surface area contributed by atoms with Crippen LogP contribution in [0.25, 0.3) is 22.3 Å². The van der Waals surface area contributed by atoms with Crippen LogP contribution in [0, 0.1) is 5.82 Å². The Balaban J connectivity index is 1.46. The summed E-state index contributed by atoms with van der Waals surface area (Å²) >= 11 is 0. The smallest absolute Gasteiger partial charge is 0.377 e. The number of para-hydroxylation sites is 1. The van der Waals surface area contributed by atoms with Crippen molar-refractivity contribution in [3.63, 3.8) is 0 Å². The number of benzene rings is 2. The third kappa shape index (κ3) is 3.25. The third-order valence-corrected chi connectivity index (χ3v) is 3.57. The summed E-state index contributed by atoms with van der Waals surface area (Å²) in [7, 11) is 0. The molecule has 8 heteroatoms. The van der Waals surface area contributed by atoms with Crippen molar-refractivity contribution in [1.29, 1.82) is 0 Å². The van der Waals surface area contributed by atoms with Crippen molar-refractivity contribution in [3.05, 3.63) is 72.0 Å². The summed E-state index contributed by atoms with van der Waals surface area (Å²) in [6.07, 6.45) is 0. The van der Waals surface area contributed by atoms with Crippen LogP contribution in [0.1, 0.15) is 16.4 Å². The van der Waals surface area contributed by atoms with Gasteiger partial charge in [-0.15, -0.1) is 10.2 Å². The van der Waals surface area contributed by atoms with Crippen molar-refractivity contribution >= 4 is 17.0 Å². The number of carbonyl (C=O) groups excluding carboxylic acids is 1. The first-order chi connectivity index (χ1) is 12.7. The first-order valence-corrected chi connectivity index (χ1v) is 7.67. The van der Waals surface area contributed by atoms with Crippen LogP contribution in [-0.2, 0) is 11.3 Å². The Morgan fingerprint density at radius 1 is 1.04 bits per heavy atom. The molecule has 2 heterocycles. The third-order valence-electron chi connectivity index (χ3n) is 3.57. The van der Waals surface area contributed by atoms with Crippen LogP contribution in [-0.4, -0.2) is 26.3 Å². The lowest BCUT2D eigenvalue weighted by molar-refractivity contribution is 0.0415. The monoisotopic (exact) mass is 350 g/mol. The summed E-state index contributed by atoms with van der Waals surface area (Å²) in [6.45, 7) is -0.160. The molecule has 0 saturated heterocycles. The highest BCUT2D eigenvalue weighted by Gasteiger charge is 2.16. The van der Waals surface area contributed by atoms with E-state index in [0.717, 1.165) is 0 Å². The summed E-state index contributed by atoms with van der Waals surface area (Å²) in [5.74, 6) is -0.965. The Hall–Kier alpha value is -3.68. The van der Waals surface area contributed by atoms with Gasteiger partial charge >= 0.3 is 5.97 Å². The zero-order chi connectivity index (χ0) is 17.9. The molecule has 0 saturated carbocycles. The van der Waals surface area contributed by atoms with E-state index in [-0.39, 0.29) is 18.2 Å². The maximum Gasteiger partial charge on any atom is 0.377 e. The Morgan fingerprint density at radius 2 is 1.88 bits per heavy atom.